The molecule has 0 spiro atoms. The molecular formula is C24H19B4N3O5S. The van der Waals surface area contributed by atoms with Crippen molar-refractivity contribution in [3.05, 3.63) is 59.0 Å². The van der Waals surface area contributed by atoms with E-state index in [1.807, 2.05) is 6.07 Å². The smallest absolute Gasteiger partial charge is 0.256 e. The molecule has 8 radical (unpaired) electrons. The first kappa shape index (κ1) is 24.6. The van der Waals surface area contributed by atoms with Crippen molar-refractivity contribution in [2.24, 2.45) is 0 Å². The third-order valence-electron chi connectivity index (χ3n) is 6.71. The van der Waals surface area contributed by atoms with Crippen LogP contribution in [0.25, 0.3) is 11.1 Å². The minimum absolute atomic E-state index is 0.350. The molecule has 3 aromatic rings. The number of nitrogens with zero attached hydrogens (tertiary/aromatic N) is 3. The molecule has 37 heavy (non-hydrogen) atoms. The number of ether oxygens (including phenoxy) is 2. The highest BCUT2D eigenvalue weighted by Gasteiger charge is 2.43. The summed E-state index contributed by atoms with van der Waals surface area (Å²) < 4.78 is 18.8. The summed E-state index contributed by atoms with van der Waals surface area (Å²) in [4.78, 5) is 20.0. The number of rotatable bonds is 4. The van der Waals surface area contributed by atoms with Gasteiger partial charge in [0.1, 0.15) is 36.9 Å². The van der Waals surface area contributed by atoms with Gasteiger partial charge < -0.3 is 23.9 Å². The van der Waals surface area contributed by atoms with E-state index in [2.05, 4.69) is 9.29 Å². The van der Waals surface area contributed by atoms with Crippen LogP contribution >= 0.6 is 11.9 Å². The molecule has 0 aliphatic carbocycles. The van der Waals surface area contributed by atoms with Crippen LogP contribution in [0, 0.1) is 6.92 Å². The maximum atomic E-state index is 13.1. The van der Waals surface area contributed by atoms with Crippen LogP contribution in [0.2, 0.25) is 0 Å². The first-order valence-corrected chi connectivity index (χ1v) is 12.4. The molecule has 1 unspecified atom stereocenters. The number of hydrogen-bond donors (Lipinski definition) is 1. The van der Waals surface area contributed by atoms with E-state index >= 15 is 0 Å². The van der Waals surface area contributed by atoms with E-state index in [0.29, 0.717) is 60.2 Å². The van der Waals surface area contributed by atoms with Gasteiger partial charge in [-0.3, -0.25) is 4.79 Å². The number of aryl methyl sites for hydroxylation is 1. The van der Waals surface area contributed by atoms with Gasteiger partial charge in [0.25, 0.3) is 5.91 Å². The van der Waals surface area contributed by atoms with Crippen molar-refractivity contribution in [1.82, 2.24) is 14.2 Å². The van der Waals surface area contributed by atoms with Gasteiger partial charge in [0.2, 0.25) is 0 Å². The third-order valence-corrected chi connectivity index (χ3v) is 7.69. The molecule has 1 aromatic heterocycles. The van der Waals surface area contributed by atoms with Crippen molar-refractivity contribution in [2.75, 3.05) is 26.2 Å². The molecule has 0 saturated carbocycles. The molecule has 6 rings (SSSR count). The Bertz CT molecular complexity index is 1440. The van der Waals surface area contributed by atoms with Crippen LogP contribution in [0.1, 0.15) is 17.6 Å². The van der Waals surface area contributed by atoms with E-state index in [1.54, 1.807) is 42.2 Å². The quantitative estimate of drug-likeness (QED) is 0.321. The summed E-state index contributed by atoms with van der Waals surface area (Å²) in [5.74, 6) is 0.838. The van der Waals surface area contributed by atoms with Gasteiger partial charge in [0.05, 0.1) is 0 Å². The Kier molecular flexibility index (Phi) is 5.74. The van der Waals surface area contributed by atoms with Crippen LogP contribution in [0.5, 0.6) is 11.5 Å². The SMILES string of the molecule is [B]C1([B])Oc2ccc(SN3CC4=C(C3)CN(C(=O)C(O)c3cccc5oc(C)nc35)C4)cc2OC1([B])[B]. The minimum Gasteiger partial charge on any atom is -0.501 e. The molecule has 8 nitrogen and oxygen atoms in total. The topological polar surface area (TPSA) is 88.3 Å². The lowest BCUT2D eigenvalue weighted by molar-refractivity contribution is -0.139. The first-order chi connectivity index (χ1) is 17.5. The largest absolute Gasteiger partial charge is 0.501 e. The van der Waals surface area contributed by atoms with Gasteiger partial charge in [-0.2, -0.15) is 0 Å². The fraction of sp³-hybridized carbons (Fsp3) is 0.333. The van der Waals surface area contributed by atoms with Gasteiger partial charge in [0, 0.05) is 54.4 Å². The van der Waals surface area contributed by atoms with Crippen LogP contribution in [0.3, 0.4) is 0 Å². The molecular weight excluding hydrogens is 486 g/mol. The second-order valence-corrected chi connectivity index (χ2v) is 10.7. The molecule has 4 heterocycles. The summed E-state index contributed by atoms with van der Waals surface area (Å²) in [5, 5.41) is 7.11. The van der Waals surface area contributed by atoms with E-state index in [-0.39, 0.29) is 5.91 Å². The summed E-state index contributed by atoms with van der Waals surface area (Å²) >= 11 is 1.54. The Hall–Kier alpha value is -2.75. The highest BCUT2D eigenvalue weighted by molar-refractivity contribution is 7.97. The van der Waals surface area contributed by atoms with Crippen molar-refractivity contribution >= 4 is 60.3 Å². The van der Waals surface area contributed by atoms with E-state index < -0.39 is 16.9 Å². The van der Waals surface area contributed by atoms with Crippen LogP contribution < -0.4 is 9.47 Å². The number of hydrogen-bond acceptors (Lipinski definition) is 8. The maximum Gasteiger partial charge on any atom is 0.256 e. The van der Waals surface area contributed by atoms with Crippen molar-refractivity contribution in [2.45, 2.75) is 28.7 Å². The summed E-state index contributed by atoms with van der Waals surface area (Å²) in [6.45, 7) is 4.03. The standard InChI is InChI=1S/C24H19B4N3O5S/c1-12-29-20-16(3-2-4-18(20)34-12)21(32)22(33)30-8-13-10-31(11-14(13)9-30)37-15-5-6-17-19(7-15)36-24(27,28)23(25,26)35-17/h2-7,21,32H,8-11H2,1H3. The Balaban J connectivity index is 1.09. The zero-order valence-electron chi connectivity index (χ0n) is 20.0. The van der Waals surface area contributed by atoms with Crippen molar-refractivity contribution in [1.29, 1.82) is 0 Å². The monoisotopic (exact) mass is 505 g/mol. The van der Waals surface area contributed by atoms with Gasteiger partial charge in [-0.1, -0.05) is 12.1 Å². The van der Waals surface area contributed by atoms with Crippen LogP contribution in [-0.4, -0.2) is 93.6 Å². The number of carbonyl (C=O) groups is 1. The molecule has 0 bridgehead atoms. The zero-order valence-corrected chi connectivity index (χ0v) is 20.8. The Morgan fingerprint density at radius 1 is 1.03 bits per heavy atom. The molecule has 1 N–H and O–H groups in total. The summed E-state index contributed by atoms with van der Waals surface area (Å²) in [6, 6.07) is 10.6. The van der Waals surface area contributed by atoms with Gasteiger partial charge in [-0.05, 0) is 47.4 Å². The number of aliphatic hydroxyl groups is 1. The second kappa shape index (κ2) is 8.64. The van der Waals surface area contributed by atoms with Crippen LogP contribution in [0.15, 0.2) is 56.9 Å². The third kappa shape index (κ3) is 4.27. The lowest BCUT2D eigenvalue weighted by Crippen LogP contribution is -2.65. The van der Waals surface area contributed by atoms with Crippen molar-refractivity contribution in [3.63, 3.8) is 0 Å². The molecule has 178 valence electrons. The lowest BCUT2D eigenvalue weighted by atomic mass is 9.41. The maximum absolute atomic E-state index is 13.1. The predicted octanol–water partition coefficient (Wildman–Crippen LogP) is 1.08. The van der Waals surface area contributed by atoms with E-state index in [0.717, 1.165) is 4.90 Å². The fourth-order valence-corrected chi connectivity index (χ4v) is 5.78. The normalized spacial score (nSPS) is 20.9. The number of benzene rings is 2. The Labute approximate surface area is 223 Å². The number of aromatic nitrogens is 1. The lowest BCUT2D eigenvalue weighted by Gasteiger charge is -2.48. The fourth-order valence-electron chi connectivity index (χ4n) is 4.75. The molecule has 3 aliphatic rings. The molecule has 13 heteroatoms. The highest BCUT2D eigenvalue weighted by Crippen LogP contribution is 2.42. The van der Waals surface area contributed by atoms with Crippen molar-refractivity contribution < 1.29 is 23.8 Å². The van der Waals surface area contributed by atoms with Crippen LogP contribution in [-0.2, 0) is 4.79 Å². The summed E-state index contributed by atoms with van der Waals surface area (Å²) in [6.07, 6.45) is -1.31. The van der Waals surface area contributed by atoms with Gasteiger partial charge >= 0.3 is 0 Å². The van der Waals surface area contributed by atoms with Gasteiger partial charge in [0.15, 0.2) is 29.1 Å². The number of amides is 1. The predicted molar refractivity (Wildman–Crippen MR) is 141 cm³/mol. The number of fused-ring (bicyclic) bond motifs is 2. The number of para-hydroxylation sites is 1. The van der Waals surface area contributed by atoms with Gasteiger partial charge in [-0.15, -0.1) is 0 Å². The summed E-state index contributed by atoms with van der Waals surface area (Å²) in [7, 11) is 23.4. The van der Waals surface area contributed by atoms with Crippen molar-refractivity contribution in [3.8, 4) is 11.5 Å². The molecule has 0 fully saturated rings. The van der Waals surface area contributed by atoms with Crippen LogP contribution in [0.4, 0.5) is 0 Å². The molecule has 2 aromatic carbocycles. The molecule has 1 amide bonds. The number of carbonyl (C=O) groups excluding carboxylic acids is 1. The highest BCUT2D eigenvalue weighted by atomic mass is 32.2. The summed E-state index contributed by atoms with van der Waals surface area (Å²) in [5.41, 5.74) is 3.83. The van der Waals surface area contributed by atoms with E-state index in [1.165, 1.54) is 23.1 Å². The molecule has 0 saturated heterocycles. The first-order valence-electron chi connectivity index (χ1n) is 11.6. The second-order valence-electron chi connectivity index (χ2n) is 9.52. The number of oxazole rings is 1. The molecule has 1 atom stereocenters. The minimum atomic E-state index is -1.89. The van der Waals surface area contributed by atoms with Gasteiger partial charge in [-0.25, -0.2) is 9.29 Å². The molecule has 3 aliphatic heterocycles. The average molecular weight is 505 g/mol. The van der Waals surface area contributed by atoms with E-state index in [9.17, 15) is 9.90 Å². The average Bonchev–Trinajstić information content (AvgIpc) is 3.50. The van der Waals surface area contributed by atoms with E-state index in [4.69, 9.17) is 45.3 Å². The zero-order chi connectivity index (χ0) is 26.1. The Morgan fingerprint density at radius 2 is 1.70 bits per heavy atom. The number of aliphatic hydroxyl groups excluding tert-OH is 1. The Morgan fingerprint density at radius 3 is 2.41 bits per heavy atom.